The lowest BCUT2D eigenvalue weighted by atomic mass is 9.87. The van der Waals surface area contributed by atoms with Crippen LogP contribution < -0.4 is 5.32 Å². The molecule has 0 spiro atoms. The van der Waals surface area contributed by atoms with E-state index in [1.54, 1.807) is 30.3 Å². The first kappa shape index (κ1) is 19.6. The lowest BCUT2D eigenvalue weighted by Gasteiger charge is -2.19. The lowest BCUT2D eigenvalue weighted by molar-refractivity contribution is 0.102. The Morgan fingerprint density at radius 3 is 2.22 bits per heavy atom. The van der Waals surface area contributed by atoms with Crippen LogP contribution in [0.1, 0.15) is 49.5 Å². The van der Waals surface area contributed by atoms with Crippen LogP contribution in [-0.4, -0.2) is 31.7 Å². The Bertz CT molecular complexity index is 923. The summed E-state index contributed by atoms with van der Waals surface area (Å²) >= 11 is 0. The third kappa shape index (κ3) is 4.39. The highest BCUT2D eigenvalue weighted by molar-refractivity contribution is 7.89. The molecule has 1 heterocycles. The molecular weight excluding hydrogens is 360 g/mol. The van der Waals surface area contributed by atoms with Gasteiger partial charge in [0.1, 0.15) is 0 Å². The van der Waals surface area contributed by atoms with Crippen LogP contribution >= 0.6 is 0 Å². The molecular formula is C21H26N2O3S. The molecule has 0 atom stereocenters. The van der Waals surface area contributed by atoms with Gasteiger partial charge in [-0.05, 0) is 54.2 Å². The van der Waals surface area contributed by atoms with Crippen molar-refractivity contribution in [2.75, 3.05) is 18.4 Å². The van der Waals surface area contributed by atoms with E-state index in [2.05, 4.69) is 26.1 Å². The number of anilines is 1. The molecule has 2 aromatic carbocycles. The third-order valence-electron chi connectivity index (χ3n) is 4.81. The highest BCUT2D eigenvalue weighted by atomic mass is 32.2. The fraction of sp³-hybridized carbons (Fsp3) is 0.381. The van der Waals surface area contributed by atoms with Gasteiger partial charge in [-0.3, -0.25) is 4.79 Å². The lowest BCUT2D eigenvalue weighted by Crippen LogP contribution is -2.27. The number of amides is 1. The largest absolute Gasteiger partial charge is 0.322 e. The summed E-state index contributed by atoms with van der Waals surface area (Å²) in [4.78, 5) is 12.7. The summed E-state index contributed by atoms with van der Waals surface area (Å²) in [6.45, 7) is 7.47. The normalized spacial score (nSPS) is 15.7. The zero-order valence-electron chi connectivity index (χ0n) is 16.0. The predicted molar refractivity (Wildman–Crippen MR) is 108 cm³/mol. The van der Waals surface area contributed by atoms with E-state index in [1.807, 2.05) is 12.1 Å². The zero-order chi connectivity index (χ0) is 19.7. The molecule has 0 saturated carbocycles. The van der Waals surface area contributed by atoms with Crippen LogP contribution in [0.15, 0.2) is 53.4 Å². The second-order valence-corrected chi connectivity index (χ2v) is 9.86. The number of benzene rings is 2. The molecule has 0 aliphatic carbocycles. The van der Waals surface area contributed by atoms with E-state index in [9.17, 15) is 13.2 Å². The molecule has 0 aromatic heterocycles. The Labute approximate surface area is 161 Å². The Morgan fingerprint density at radius 2 is 1.63 bits per heavy atom. The molecule has 0 bridgehead atoms. The highest BCUT2D eigenvalue weighted by Crippen LogP contribution is 2.24. The summed E-state index contributed by atoms with van der Waals surface area (Å²) in [7, 11) is -3.50. The first-order valence-corrected chi connectivity index (χ1v) is 10.6. The molecule has 1 fully saturated rings. The number of carbonyl (C=O) groups is 1. The summed E-state index contributed by atoms with van der Waals surface area (Å²) in [6.07, 6.45) is 1.78. The minimum absolute atomic E-state index is 0.0211. The minimum atomic E-state index is -3.50. The van der Waals surface area contributed by atoms with Gasteiger partial charge < -0.3 is 5.32 Å². The number of hydrogen-bond acceptors (Lipinski definition) is 3. The van der Waals surface area contributed by atoms with Crippen LogP contribution in [0.4, 0.5) is 5.69 Å². The summed E-state index contributed by atoms with van der Waals surface area (Å²) in [5, 5.41) is 2.80. The zero-order valence-corrected chi connectivity index (χ0v) is 16.8. The summed E-state index contributed by atoms with van der Waals surface area (Å²) < 4.78 is 26.9. The van der Waals surface area contributed by atoms with E-state index in [0.29, 0.717) is 24.3 Å². The Kier molecular flexibility index (Phi) is 5.40. The summed E-state index contributed by atoms with van der Waals surface area (Å²) in [6, 6.07) is 13.9. The number of carbonyl (C=O) groups excluding carboxylic acids is 1. The Morgan fingerprint density at radius 1 is 1.00 bits per heavy atom. The molecule has 3 rings (SSSR count). The standard InChI is InChI=1S/C21H26N2O3S/c1-21(2,3)17-11-9-16(10-12-17)20(24)22-18-7-6-8-19(15-18)27(25,26)23-13-4-5-14-23/h6-12,15H,4-5,13-14H2,1-3H3,(H,22,24). The monoisotopic (exact) mass is 386 g/mol. The van der Waals surface area contributed by atoms with E-state index in [-0.39, 0.29) is 16.2 Å². The highest BCUT2D eigenvalue weighted by Gasteiger charge is 2.27. The predicted octanol–water partition coefficient (Wildman–Crippen LogP) is 4.02. The van der Waals surface area contributed by atoms with Crippen LogP contribution in [0, 0.1) is 0 Å². The van der Waals surface area contributed by atoms with Gasteiger partial charge in [0, 0.05) is 24.3 Å². The average Bonchev–Trinajstić information content (AvgIpc) is 3.17. The summed E-state index contributed by atoms with van der Waals surface area (Å²) in [5.74, 6) is -0.258. The number of nitrogens with zero attached hydrogens (tertiary/aromatic N) is 1. The van der Waals surface area contributed by atoms with Gasteiger partial charge in [-0.15, -0.1) is 0 Å². The van der Waals surface area contributed by atoms with Gasteiger partial charge in [-0.25, -0.2) is 8.42 Å². The van der Waals surface area contributed by atoms with Gasteiger partial charge >= 0.3 is 0 Å². The van der Waals surface area contributed by atoms with E-state index in [1.165, 1.54) is 10.4 Å². The fourth-order valence-corrected chi connectivity index (χ4v) is 4.70. The van der Waals surface area contributed by atoms with Gasteiger partial charge in [-0.1, -0.05) is 39.0 Å². The van der Waals surface area contributed by atoms with Crippen molar-refractivity contribution in [1.82, 2.24) is 4.31 Å². The maximum Gasteiger partial charge on any atom is 0.255 e. The van der Waals surface area contributed by atoms with E-state index in [0.717, 1.165) is 18.4 Å². The second-order valence-electron chi connectivity index (χ2n) is 7.92. The molecule has 1 amide bonds. The molecule has 6 heteroatoms. The van der Waals surface area contributed by atoms with Crippen LogP contribution in [0.25, 0.3) is 0 Å². The molecule has 0 unspecified atom stereocenters. The second kappa shape index (κ2) is 7.44. The molecule has 1 aliphatic heterocycles. The molecule has 1 aliphatic rings. The average molecular weight is 387 g/mol. The maximum atomic E-state index is 12.7. The van der Waals surface area contributed by atoms with Crippen molar-refractivity contribution < 1.29 is 13.2 Å². The first-order chi connectivity index (χ1) is 12.7. The van der Waals surface area contributed by atoms with Gasteiger partial charge in [-0.2, -0.15) is 4.31 Å². The Hall–Kier alpha value is -2.18. The molecule has 144 valence electrons. The van der Waals surface area contributed by atoms with E-state index in [4.69, 9.17) is 0 Å². The quantitative estimate of drug-likeness (QED) is 0.863. The van der Waals surface area contributed by atoms with Crippen LogP contribution in [0.3, 0.4) is 0 Å². The van der Waals surface area contributed by atoms with Crippen LogP contribution in [-0.2, 0) is 15.4 Å². The number of rotatable bonds is 4. The van der Waals surface area contributed by atoms with E-state index < -0.39 is 10.0 Å². The summed E-state index contributed by atoms with van der Waals surface area (Å²) in [5.41, 5.74) is 2.18. The van der Waals surface area contributed by atoms with E-state index >= 15 is 0 Å². The topological polar surface area (TPSA) is 66.5 Å². The molecule has 1 saturated heterocycles. The molecule has 1 N–H and O–H groups in total. The molecule has 0 radical (unpaired) electrons. The van der Waals surface area contributed by atoms with Crippen LogP contribution in [0.2, 0.25) is 0 Å². The van der Waals surface area contributed by atoms with Crippen LogP contribution in [0.5, 0.6) is 0 Å². The number of sulfonamides is 1. The first-order valence-electron chi connectivity index (χ1n) is 9.20. The Balaban J connectivity index is 1.77. The SMILES string of the molecule is CC(C)(C)c1ccc(C(=O)Nc2cccc(S(=O)(=O)N3CCCC3)c2)cc1. The minimum Gasteiger partial charge on any atom is -0.322 e. The van der Waals surface area contributed by atoms with Crippen molar-refractivity contribution in [3.05, 3.63) is 59.7 Å². The van der Waals surface area contributed by atoms with Crippen molar-refractivity contribution >= 4 is 21.6 Å². The maximum absolute atomic E-state index is 12.7. The molecule has 27 heavy (non-hydrogen) atoms. The third-order valence-corrected chi connectivity index (χ3v) is 6.70. The van der Waals surface area contributed by atoms with Gasteiger partial charge in [0.15, 0.2) is 0 Å². The van der Waals surface area contributed by atoms with Gasteiger partial charge in [0.2, 0.25) is 10.0 Å². The van der Waals surface area contributed by atoms with Crippen molar-refractivity contribution in [2.24, 2.45) is 0 Å². The molecule has 2 aromatic rings. The van der Waals surface area contributed by atoms with Crippen molar-refractivity contribution in [3.63, 3.8) is 0 Å². The fourth-order valence-electron chi connectivity index (χ4n) is 3.14. The van der Waals surface area contributed by atoms with Crippen molar-refractivity contribution in [1.29, 1.82) is 0 Å². The van der Waals surface area contributed by atoms with Crippen molar-refractivity contribution in [2.45, 2.75) is 43.9 Å². The van der Waals surface area contributed by atoms with Gasteiger partial charge in [0.25, 0.3) is 5.91 Å². The number of nitrogens with one attached hydrogen (secondary N) is 1. The van der Waals surface area contributed by atoms with Crippen molar-refractivity contribution in [3.8, 4) is 0 Å². The number of hydrogen-bond donors (Lipinski definition) is 1. The molecule has 5 nitrogen and oxygen atoms in total. The van der Waals surface area contributed by atoms with Gasteiger partial charge in [0.05, 0.1) is 4.90 Å². The smallest absolute Gasteiger partial charge is 0.255 e.